The Hall–Kier alpha value is -0.793. The lowest BCUT2D eigenvalue weighted by atomic mass is 9.93. The van der Waals surface area contributed by atoms with Crippen LogP contribution in [0.15, 0.2) is 0 Å². The van der Waals surface area contributed by atoms with Crippen LogP contribution in [0.2, 0.25) is 19.6 Å². The van der Waals surface area contributed by atoms with Crippen LogP contribution >= 0.6 is 0 Å². The van der Waals surface area contributed by atoms with Gasteiger partial charge in [-0.05, 0) is 19.8 Å². The molecule has 4 heteroatoms. The summed E-state index contributed by atoms with van der Waals surface area (Å²) in [5.74, 6) is 2.94. The minimum absolute atomic E-state index is 0.238. The molecule has 1 aliphatic heterocycles. The van der Waals surface area contributed by atoms with Crippen molar-refractivity contribution < 1.29 is 14.3 Å². The predicted molar refractivity (Wildman–Crippen MR) is 70.3 cm³/mol. The molecule has 96 valence electrons. The Morgan fingerprint density at radius 3 is 2.65 bits per heavy atom. The number of hydrogen-bond acceptors (Lipinski definition) is 3. The molecule has 0 unspecified atom stereocenters. The molecule has 1 rings (SSSR count). The molecule has 1 aliphatic rings. The number of carbonyl (C=O) groups excluding carboxylic acids is 1. The maximum atomic E-state index is 11.1. The molecule has 2 atom stereocenters. The Kier molecular flexibility index (Phi) is 4.40. The SMILES string of the molecule is CC(=O)O[C@@H]1CCCO[C@@]1(C)C#C[Si](C)(C)C. The van der Waals surface area contributed by atoms with E-state index in [2.05, 4.69) is 31.1 Å². The van der Waals surface area contributed by atoms with Gasteiger partial charge in [-0.3, -0.25) is 4.79 Å². The van der Waals surface area contributed by atoms with Crippen LogP contribution < -0.4 is 0 Å². The Balaban J connectivity index is 2.87. The fourth-order valence-corrected chi connectivity index (χ4v) is 2.34. The first-order valence-corrected chi connectivity index (χ1v) is 9.58. The fourth-order valence-electron chi connectivity index (χ4n) is 1.72. The van der Waals surface area contributed by atoms with Gasteiger partial charge in [-0.1, -0.05) is 25.6 Å². The van der Waals surface area contributed by atoms with Crippen molar-refractivity contribution in [3.8, 4) is 11.5 Å². The van der Waals surface area contributed by atoms with Crippen LogP contribution in [0.25, 0.3) is 0 Å². The molecule has 0 amide bonds. The van der Waals surface area contributed by atoms with Crippen molar-refractivity contribution in [2.45, 2.75) is 58.0 Å². The molecule has 0 bridgehead atoms. The Morgan fingerprint density at radius 2 is 2.12 bits per heavy atom. The van der Waals surface area contributed by atoms with Crippen LogP contribution in [0.4, 0.5) is 0 Å². The van der Waals surface area contributed by atoms with Gasteiger partial charge in [-0.2, -0.15) is 0 Å². The molecule has 0 radical (unpaired) electrons. The van der Waals surface area contributed by atoms with Crippen LogP contribution in [0.3, 0.4) is 0 Å². The summed E-state index contributed by atoms with van der Waals surface area (Å²) in [7, 11) is -1.44. The van der Waals surface area contributed by atoms with E-state index >= 15 is 0 Å². The van der Waals surface area contributed by atoms with E-state index in [-0.39, 0.29) is 12.1 Å². The lowest BCUT2D eigenvalue weighted by Gasteiger charge is -2.36. The molecular formula is C13H22O3Si. The summed E-state index contributed by atoms with van der Waals surface area (Å²) in [6.45, 7) is 10.6. The van der Waals surface area contributed by atoms with Crippen molar-refractivity contribution in [2.24, 2.45) is 0 Å². The largest absolute Gasteiger partial charge is 0.458 e. The van der Waals surface area contributed by atoms with Crippen molar-refractivity contribution >= 4 is 14.0 Å². The molecule has 0 saturated carbocycles. The highest BCUT2D eigenvalue weighted by Crippen LogP contribution is 2.27. The van der Waals surface area contributed by atoms with E-state index in [1.54, 1.807) is 0 Å². The normalized spacial score (nSPS) is 29.1. The molecule has 0 aromatic heterocycles. The van der Waals surface area contributed by atoms with Crippen LogP contribution in [-0.2, 0) is 14.3 Å². The molecule has 0 aliphatic carbocycles. The van der Waals surface area contributed by atoms with Gasteiger partial charge in [0.25, 0.3) is 0 Å². The van der Waals surface area contributed by atoms with Crippen molar-refractivity contribution in [1.29, 1.82) is 0 Å². The van der Waals surface area contributed by atoms with Gasteiger partial charge in [0.15, 0.2) is 5.60 Å². The number of ether oxygens (including phenoxy) is 2. The standard InChI is InChI=1S/C13H22O3Si/c1-11(14)16-12-7-6-9-15-13(12,2)8-10-17(3,4)5/h12H,6-7,9H2,1-5H3/t12-,13+/m1/s1. The second-order valence-electron chi connectivity index (χ2n) is 5.70. The van der Waals surface area contributed by atoms with Gasteiger partial charge in [0.05, 0.1) is 0 Å². The van der Waals surface area contributed by atoms with E-state index in [1.165, 1.54) is 6.92 Å². The molecule has 0 spiro atoms. The quantitative estimate of drug-likeness (QED) is 0.409. The van der Waals surface area contributed by atoms with Crippen molar-refractivity contribution in [3.63, 3.8) is 0 Å². The summed E-state index contributed by atoms with van der Waals surface area (Å²) in [4.78, 5) is 11.1. The van der Waals surface area contributed by atoms with Crippen molar-refractivity contribution in [3.05, 3.63) is 0 Å². The van der Waals surface area contributed by atoms with Gasteiger partial charge < -0.3 is 9.47 Å². The third-order valence-corrected chi connectivity index (χ3v) is 3.50. The van der Waals surface area contributed by atoms with Gasteiger partial charge in [0.2, 0.25) is 0 Å². The Morgan fingerprint density at radius 1 is 1.47 bits per heavy atom. The molecule has 17 heavy (non-hydrogen) atoms. The maximum Gasteiger partial charge on any atom is 0.303 e. The third-order valence-electron chi connectivity index (χ3n) is 2.62. The number of carbonyl (C=O) groups is 1. The molecule has 1 saturated heterocycles. The first-order valence-electron chi connectivity index (χ1n) is 6.08. The highest BCUT2D eigenvalue weighted by atomic mass is 28.3. The van der Waals surface area contributed by atoms with E-state index in [1.807, 2.05) is 6.92 Å². The second kappa shape index (κ2) is 5.24. The Bertz CT molecular complexity index is 348. The smallest absolute Gasteiger partial charge is 0.303 e. The zero-order chi connectivity index (χ0) is 13.1. The van der Waals surface area contributed by atoms with E-state index in [0.717, 1.165) is 12.8 Å². The predicted octanol–water partition coefficient (Wildman–Crippen LogP) is 2.37. The van der Waals surface area contributed by atoms with Gasteiger partial charge in [-0.25, -0.2) is 0 Å². The summed E-state index contributed by atoms with van der Waals surface area (Å²) >= 11 is 0. The first-order chi connectivity index (χ1) is 7.73. The minimum atomic E-state index is -1.44. The zero-order valence-corrected chi connectivity index (χ0v) is 12.4. The van der Waals surface area contributed by atoms with Crippen LogP contribution in [0, 0.1) is 11.5 Å². The van der Waals surface area contributed by atoms with Crippen molar-refractivity contribution in [2.75, 3.05) is 6.61 Å². The van der Waals surface area contributed by atoms with E-state index < -0.39 is 13.7 Å². The summed E-state index contributed by atoms with van der Waals surface area (Å²) in [5, 5.41) is 0. The topological polar surface area (TPSA) is 35.5 Å². The highest BCUT2D eigenvalue weighted by Gasteiger charge is 2.39. The molecule has 0 N–H and O–H groups in total. The van der Waals surface area contributed by atoms with E-state index in [0.29, 0.717) is 6.61 Å². The Labute approximate surface area is 105 Å². The lowest BCUT2D eigenvalue weighted by molar-refractivity contribution is -0.169. The number of rotatable bonds is 1. The minimum Gasteiger partial charge on any atom is -0.458 e. The summed E-state index contributed by atoms with van der Waals surface area (Å²) in [6, 6.07) is 0. The van der Waals surface area contributed by atoms with Crippen molar-refractivity contribution in [1.82, 2.24) is 0 Å². The fraction of sp³-hybridized carbons (Fsp3) is 0.769. The number of esters is 1. The average Bonchev–Trinajstić information content (AvgIpc) is 2.18. The average molecular weight is 254 g/mol. The second-order valence-corrected chi connectivity index (χ2v) is 10.4. The maximum absolute atomic E-state index is 11.1. The van der Waals surface area contributed by atoms with Crippen LogP contribution in [0.5, 0.6) is 0 Å². The molecular weight excluding hydrogens is 232 g/mol. The highest BCUT2D eigenvalue weighted by molar-refractivity contribution is 6.83. The van der Waals surface area contributed by atoms with E-state index in [4.69, 9.17) is 9.47 Å². The molecule has 3 nitrogen and oxygen atoms in total. The summed E-state index contributed by atoms with van der Waals surface area (Å²) in [5.41, 5.74) is 2.67. The van der Waals surface area contributed by atoms with Gasteiger partial charge >= 0.3 is 5.97 Å². The summed E-state index contributed by atoms with van der Waals surface area (Å²) < 4.78 is 11.1. The molecule has 1 heterocycles. The zero-order valence-electron chi connectivity index (χ0n) is 11.4. The number of hydrogen-bond donors (Lipinski definition) is 0. The first kappa shape index (κ1) is 14.3. The molecule has 1 fully saturated rings. The third kappa shape index (κ3) is 4.53. The van der Waals surface area contributed by atoms with Gasteiger partial charge in [0.1, 0.15) is 14.2 Å². The van der Waals surface area contributed by atoms with Crippen LogP contribution in [-0.4, -0.2) is 32.4 Å². The molecule has 0 aromatic rings. The van der Waals surface area contributed by atoms with Gasteiger partial charge in [0, 0.05) is 13.5 Å². The van der Waals surface area contributed by atoms with Crippen LogP contribution in [0.1, 0.15) is 26.7 Å². The monoisotopic (exact) mass is 254 g/mol. The molecule has 0 aromatic carbocycles. The lowest BCUT2D eigenvalue weighted by Crippen LogP contribution is -2.47. The van der Waals surface area contributed by atoms with E-state index in [9.17, 15) is 4.79 Å². The summed E-state index contributed by atoms with van der Waals surface area (Å²) in [6.07, 6.45) is 1.51. The van der Waals surface area contributed by atoms with Gasteiger partial charge in [-0.15, -0.1) is 5.54 Å².